The minimum Gasteiger partial charge on any atom is -0.368 e. The fourth-order valence-electron chi connectivity index (χ4n) is 3.60. The Bertz CT molecular complexity index is 1070. The van der Waals surface area contributed by atoms with Gasteiger partial charge in [0.25, 0.3) is 5.91 Å². The van der Waals surface area contributed by atoms with E-state index in [2.05, 4.69) is 24.8 Å². The number of imidazole rings is 1. The van der Waals surface area contributed by atoms with E-state index in [0.29, 0.717) is 50.3 Å². The summed E-state index contributed by atoms with van der Waals surface area (Å²) in [7, 11) is 0. The van der Waals surface area contributed by atoms with Crippen molar-refractivity contribution in [2.45, 2.75) is 25.3 Å². The number of pyridine rings is 1. The molecule has 3 aromatic rings. The zero-order valence-electron chi connectivity index (χ0n) is 16.0. The number of hydrogen-bond acceptors (Lipinski definition) is 8. The van der Waals surface area contributed by atoms with E-state index in [1.807, 2.05) is 27.6 Å². The van der Waals surface area contributed by atoms with Crippen molar-refractivity contribution in [2.24, 2.45) is 5.73 Å². The lowest BCUT2D eigenvalue weighted by Gasteiger charge is -2.34. The highest BCUT2D eigenvalue weighted by Gasteiger charge is 2.30. The van der Waals surface area contributed by atoms with Crippen molar-refractivity contribution in [1.29, 1.82) is 0 Å². The minimum atomic E-state index is -0.0727. The molecular weight excluding hydrogens is 370 g/mol. The van der Waals surface area contributed by atoms with Gasteiger partial charge in [-0.15, -0.1) is 0 Å². The van der Waals surface area contributed by atoms with Crippen LogP contribution in [-0.2, 0) is 6.54 Å². The maximum atomic E-state index is 12.9. The molecule has 0 bridgehead atoms. The second-order valence-corrected chi connectivity index (χ2v) is 7.54. The number of amides is 1. The molecule has 0 spiro atoms. The topological polar surface area (TPSA) is 132 Å². The molecule has 0 aromatic carbocycles. The number of fused-ring (bicyclic) bond motifs is 1. The van der Waals surface area contributed by atoms with E-state index in [4.69, 9.17) is 11.5 Å². The third-order valence-electron chi connectivity index (χ3n) is 5.42. The Morgan fingerprint density at radius 1 is 1.03 bits per heavy atom. The summed E-state index contributed by atoms with van der Waals surface area (Å²) in [4.78, 5) is 34.4. The molecule has 4 heterocycles. The molecule has 1 saturated carbocycles. The van der Waals surface area contributed by atoms with Gasteiger partial charge in [0.05, 0.1) is 0 Å². The lowest BCUT2D eigenvalue weighted by atomic mass is 10.3. The van der Waals surface area contributed by atoms with E-state index in [0.717, 1.165) is 29.9 Å². The highest BCUT2D eigenvalue weighted by Crippen LogP contribution is 2.38. The predicted molar refractivity (Wildman–Crippen MR) is 107 cm³/mol. The highest BCUT2D eigenvalue weighted by molar-refractivity contribution is 5.93. The maximum Gasteiger partial charge on any atom is 0.274 e. The van der Waals surface area contributed by atoms with E-state index in [1.54, 1.807) is 6.20 Å². The smallest absolute Gasteiger partial charge is 0.274 e. The van der Waals surface area contributed by atoms with Crippen LogP contribution in [0, 0.1) is 0 Å². The van der Waals surface area contributed by atoms with Gasteiger partial charge in [-0.3, -0.25) is 4.79 Å². The van der Waals surface area contributed by atoms with Gasteiger partial charge in [0, 0.05) is 51.0 Å². The van der Waals surface area contributed by atoms with E-state index >= 15 is 0 Å². The molecule has 1 saturated heterocycles. The number of carbonyl (C=O) groups excluding carboxylic acids is 1. The largest absolute Gasteiger partial charge is 0.368 e. The van der Waals surface area contributed by atoms with Gasteiger partial charge < -0.3 is 25.7 Å². The molecule has 4 N–H and O–H groups in total. The Balaban J connectivity index is 1.28. The number of carbonyl (C=O) groups is 1. The third-order valence-corrected chi connectivity index (χ3v) is 5.42. The monoisotopic (exact) mass is 393 g/mol. The van der Waals surface area contributed by atoms with E-state index < -0.39 is 0 Å². The molecule has 1 aliphatic heterocycles. The first-order valence-electron chi connectivity index (χ1n) is 9.84. The molecule has 150 valence electrons. The molecule has 0 unspecified atom stereocenters. The molecule has 2 aliphatic rings. The van der Waals surface area contributed by atoms with Crippen LogP contribution in [-0.4, -0.2) is 61.3 Å². The minimum absolute atomic E-state index is 0.0727. The van der Waals surface area contributed by atoms with Gasteiger partial charge in [0.2, 0.25) is 11.9 Å². The van der Waals surface area contributed by atoms with Crippen LogP contribution in [0.5, 0.6) is 0 Å². The van der Waals surface area contributed by atoms with E-state index in [1.165, 1.54) is 0 Å². The van der Waals surface area contributed by atoms with Crippen LogP contribution in [0.3, 0.4) is 0 Å². The number of rotatable bonds is 4. The lowest BCUT2D eigenvalue weighted by molar-refractivity contribution is 0.0741. The number of aromatic nitrogens is 5. The van der Waals surface area contributed by atoms with Crippen LogP contribution in [0.15, 0.2) is 24.5 Å². The van der Waals surface area contributed by atoms with Gasteiger partial charge in [0.1, 0.15) is 17.2 Å². The number of nitrogen functional groups attached to an aromatic ring is 1. The summed E-state index contributed by atoms with van der Waals surface area (Å²) in [5, 5.41) is 0. The molecule has 2 fully saturated rings. The summed E-state index contributed by atoms with van der Waals surface area (Å²) in [6.07, 6.45) is 5.88. The molecular formula is C19H23N9O. The Morgan fingerprint density at radius 2 is 1.83 bits per heavy atom. The van der Waals surface area contributed by atoms with Crippen molar-refractivity contribution < 1.29 is 4.79 Å². The molecule has 1 amide bonds. The van der Waals surface area contributed by atoms with Crippen molar-refractivity contribution in [3.8, 4) is 0 Å². The Hall–Kier alpha value is -3.27. The summed E-state index contributed by atoms with van der Waals surface area (Å²) in [6.45, 7) is 2.88. The zero-order valence-corrected chi connectivity index (χ0v) is 16.0. The summed E-state index contributed by atoms with van der Waals surface area (Å²) < 4.78 is 1.85. The highest BCUT2D eigenvalue weighted by atomic mass is 16.2. The van der Waals surface area contributed by atoms with Crippen LogP contribution >= 0.6 is 0 Å². The molecule has 1 aliphatic carbocycles. The van der Waals surface area contributed by atoms with Gasteiger partial charge in [0.15, 0.2) is 0 Å². The summed E-state index contributed by atoms with van der Waals surface area (Å²) >= 11 is 0. The Labute approximate surface area is 167 Å². The summed E-state index contributed by atoms with van der Waals surface area (Å²) in [5.41, 5.74) is 13.7. The Morgan fingerprint density at radius 3 is 2.55 bits per heavy atom. The van der Waals surface area contributed by atoms with Crippen molar-refractivity contribution in [2.75, 3.05) is 36.8 Å². The average molecular weight is 393 g/mol. The van der Waals surface area contributed by atoms with Crippen LogP contribution in [0.25, 0.3) is 5.65 Å². The van der Waals surface area contributed by atoms with Crippen molar-refractivity contribution in [3.05, 3.63) is 41.6 Å². The lowest BCUT2D eigenvalue weighted by Crippen LogP contribution is -2.49. The first-order chi connectivity index (χ1) is 14.1. The van der Waals surface area contributed by atoms with Crippen LogP contribution < -0.4 is 16.4 Å². The number of hydrogen-bond donors (Lipinski definition) is 2. The van der Waals surface area contributed by atoms with Crippen molar-refractivity contribution >= 4 is 23.5 Å². The molecule has 0 radical (unpaired) electrons. The fraction of sp³-hybridized carbons (Fsp3) is 0.421. The third kappa shape index (κ3) is 3.46. The average Bonchev–Trinajstić information content (AvgIpc) is 3.51. The molecule has 0 atom stereocenters. The molecule has 29 heavy (non-hydrogen) atoms. The summed E-state index contributed by atoms with van der Waals surface area (Å²) in [5.74, 6) is 1.99. The van der Waals surface area contributed by atoms with Gasteiger partial charge >= 0.3 is 0 Å². The van der Waals surface area contributed by atoms with Gasteiger partial charge in [-0.05, 0) is 24.5 Å². The van der Waals surface area contributed by atoms with Crippen molar-refractivity contribution in [1.82, 2.24) is 29.2 Å². The fourth-order valence-corrected chi connectivity index (χ4v) is 3.60. The molecule has 3 aromatic heterocycles. The molecule has 10 nitrogen and oxygen atoms in total. The number of nitrogens with two attached hydrogens (primary N) is 2. The SMILES string of the molecule is NCc1ccc2nc(C(=O)N3CCN(c4nc(N)nc(C5CC5)n4)CC3)cn2c1. The molecule has 10 heteroatoms. The standard InChI is InChI=1S/C19H23N9O/c20-9-12-1-4-15-22-14(11-28(15)10-12)17(29)26-5-7-27(8-6-26)19-24-16(13-2-3-13)23-18(21)25-19/h1,4,10-11,13H,2-3,5-9,20H2,(H2,21,23,24,25). The normalized spacial score (nSPS) is 17.1. The second kappa shape index (κ2) is 6.96. The van der Waals surface area contributed by atoms with Crippen LogP contribution in [0.1, 0.15) is 40.6 Å². The van der Waals surface area contributed by atoms with Crippen molar-refractivity contribution in [3.63, 3.8) is 0 Å². The zero-order chi connectivity index (χ0) is 20.0. The molecule has 5 rings (SSSR count). The van der Waals surface area contributed by atoms with E-state index in [9.17, 15) is 4.79 Å². The number of piperazine rings is 1. The quantitative estimate of drug-likeness (QED) is 0.651. The first kappa shape index (κ1) is 17.8. The predicted octanol–water partition coefficient (Wildman–Crippen LogP) is 0.400. The number of nitrogens with zero attached hydrogens (tertiary/aromatic N) is 7. The first-order valence-corrected chi connectivity index (χ1v) is 9.84. The maximum absolute atomic E-state index is 12.9. The van der Waals surface area contributed by atoms with Gasteiger partial charge in [-0.1, -0.05) is 6.07 Å². The van der Waals surface area contributed by atoms with Crippen LogP contribution in [0.2, 0.25) is 0 Å². The van der Waals surface area contributed by atoms with Gasteiger partial charge in [-0.2, -0.15) is 15.0 Å². The van der Waals surface area contributed by atoms with E-state index in [-0.39, 0.29) is 11.9 Å². The second-order valence-electron chi connectivity index (χ2n) is 7.54. The Kier molecular flexibility index (Phi) is 4.27. The number of anilines is 2. The van der Waals surface area contributed by atoms with Crippen LogP contribution in [0.4, 0.5) is 11.9 Å². The van der Waals surface area contributed by atoms with Gasteiger partial charge in [-0.25, -0.2) is 4.98 Å². The summed E-state index contributed by atoms with van der Waals surface area (Å²) in [6, 6.07) is 3.80.